The smallest absolute Gasteiger partial charge is 0.265 e. The zero-order valence-corrected chi connectivity index (χ0v) is 13.3. The lowest BCUT2D eigenvalue weighted by Crippen LogP contribution is -2.45. The predicted molar refractivity (Wildman–Crippen MR) is 89.0 cm³/mol. The van der Waals surface area contributed by atoms with Crippen LogP contribution >= 0.6 is 11.8 Å². The zero-order chi connectivity index (χ0) is 15.6. The summed E-state index contributed by atoms with van der Waals surface area (Å²) in [5, 5.41) is 3.12. The largest absolute Gasteiger partial charge is 0.485 e. The first kappa shape index (κ1) is 14.5. The number of para-hydroxylation sites is 2. The van der Waals surface area contributed by atoms with Gasteiger partial charge in [-0.2, -0.15) is 0 Å². The van der Waals surface area contributed by atoms with Gasteiger partial charge in [0.1, 0.15) is 6.61 Å². The fourth-order valence-corrected chi connectivity index (χ4v) is 4.03. The predicted octanol–water partition coefficient (Wildman–Crippen LogP) is 3.18. The molecule has 2 aromatic carbocycles. The molecule has 0 unspecified atom stereocenters. The highest BCUT2D eigenvalue weighted by atomic mass is 32.2. The first-order chi connectivity index (χ1) is 11.3. The van der Waals surface area contributed by atoms with E-state index in [0.717, 1.165) is 12.2 Å². The molecule has 0 radical (unpaired) electrons. The molecule has 0 fully saturated rings. The summed E-state index contributed by atoms with van der Waals surface area (Å²) in [5.41, 5.74) is 1.19. The summed E-state index contributed by atoms with van der Waals surface area (Å²) in [5.74, 6) is 2.20. The van der Waals surface area contributed by atoms with E-state index in [1.807, 2.05) is 48.2 Å². The van der Waals surface area contributed by atoms with Crippen LogP contribution in [-0.4, -0.2) is 24.4 Å². The number of benzene rings is 2. The van der Waals surface area contributed by atoms with E-state index in [-0.39, 0.29) is 18.6 Å². The Balaban J connectivity index is 1.47. The Kier molecular flexibility index (Phi) is 3.87. The lowest BCUT2D eigenvalue weighted by Gasteiger charge is -2.30. The minimum atomic E-state index is -0.605. The summed E-state index contributed by atoms with van der Waals surface area (Å²) in [6.07, 6.45) is 0.323. The van der Waals surface area contributed by atoms with Crippen molar-refractivity contribution in [3.8, 4) is 11.5 Å². The van der Waals surface area contributed by atoms with Crippen LogP contribution in [0.3, 0.4) is 0 Å². The molecule has 0 aromatic heterocycles. The van der Waals surface area contributed by atoms with E-state index in [4.69, 9.17) is 9.47 Å². The Morgan fingerprint density at radius 2 is 1.87 bits per heavy atom. The number of carbonyl (C=O) groups is 1. The van der Waals surface area contributed by atoms with Crippen LogP contribution in [0.25, 0.3) is 0 Å². The van der Waals surface area contributed by atoms with Crippen molar-refractivity contribution in [1.29, 1.82) is 0 Å². The average Bonchev–Trinajstić information content (AvgIpc) is 2.61. The molecule has 2 atom stereocenters. The van der Waals surface area contributed by atoms with Gasteiger partial charge in [0.25, 0.3) is 5.91 Å². The number of hydrogen-bond donors (Lipinski definition) is 1. The third kappa shape index (κ3) is 2.88. The third-order valence-corrected chi connectivity index (χ3v) is 5.20. The number of thioether (sulfide) groups is 1. The second-order valence-corrected chi connectivity index (χ2v) is 6.74. The van der Waals surface area contributed by atoms with Crippen molar-refractivity contribution in [3.05, 3.63) is 54.1 Å². The van der Waals surface area contributed by atoms with Gasteiger partial charge in [-0.25, -0.2) is 0 Å². The van der Waals surface area contributed by atoms with E-state index in [0.29, 0.717) is 11.5 Å². The number of carbonyl (C=O) groups excluding carboxylic acids is 1. The van der Waals surface area contributed by atoms with E-state index in [9.17, 15) is 4.79 Å². The minimum Gasteiger partial charge on any atom is -0.485 e. The van der Waals surface area contributed by atoms with E-state index in [2.05, 4.69) is 17.4 Å². The summed E-state index contributed by atoms with van der Waals surface area (Å²) in [6.45, 7) is 0.242. The van der Waals surface area contributed by atoms with Crippen molar-refractivity contribution < 1.29 is 14.3 Å². The van der Waals surface area contributed by atoms with Crippen molar-refractivity contribution in [2.24, 2.45) is 0 Å². The molecule has 1 N–H and O–H groups in total. The molecular weight excluding hydrogens is 310 g/mol. The summed E-state index contributed by atoms with van der Waals surface area (Å²) >= 11 is 1.84. The van der Waals surface area contributed by atoms with Gasteiger partial charge in [-0.3, -0.25) is 4.79 Å². The molecule has 118 valence electrons. The molecule has 1 amide bonds. The van der Waals surface area contributed by atoms with Gasteiger partial charge >= 0.3 is 0 Å². The lowest BCUT2D eigenvalue weighted by atomic mass is 10.0. The summed E-state index contributed by atoms with van der Waals surface area (Å²) in [6, 6.07) is 15.7. The Morgan fingerprint density at radius 1 is 1.09 bits per heavy atom. The maximum Gasteiger partial charge on any atom is 0.265 e. The normalized spacial score (nSPS) is 22.1. The lowest BCUT2D eigenvalue weighted by molar-refractivity contribution is -0.131. The second-order valence-electron chi connectivity index (χ2n) is 5.60. The van der Waals surface area contributed by atoms with Crippen molar-refractivity contribution in [2.45, 2.75) is 23.5 Å². The molecular formula is C18H17NO3S. The fraction of sp³-hybridized carbons (Fsp3) is 0.278. The van der Waals surface area contributed by atoms with Gasteiger partial charge in [-0.05, 0) is 30.2 Å². The van der Waals surface area contributed by atoms with Gasteiger partial charge < -0.3 is 14.8 Å². The van der Waals surface area contributed by atoms with Crippen molar-refractivity contribution in [1.82, 2.24) is 5.32 Å². The number of ether oxygens (including phenoxy) is 2. The van der Waals surface area contributed by atoms with Crippen molar-refractivity contribution >= 4 is 17.7 Å². The van der Waals surface area contributed by atoms with Crippen LogP contribution < -0.4 is 14.8 Å². The Morgan fingerprint density at radius 3 is 2.78 bits per heavy atom. The number of nitrogens with one attached hydrogen (secondary N) is 1. The van der Waals surface area contributed by atoms with E-state index >= 15 is 0 Å². The molecule has 2 heterocycles. The zero-order valence-electron chi connectivity index (χ0n) is 12.5. The number of amides is 1. The molecule has 23 heavy (non-hydrogen) atoms. The standard InChI is InChI=1S/C18H17NO3S/c20-18(16-11-21-14-6-2-3-7-15(14)22-16)19-13-9-10-23-17-8-4-1-5-12(13)17/h1-8,13,16H,9-11H2,(H,19,20)/t13-,16-/m0/s1. The first-order valence-corrected chi connectivity index (χ1v) is 8.70. The minimum absolute atomic E-state index is 0.0423. The number of rotatable bonds is 2. The van der Waals surface area contributed by atoms with Crippen LogP contribution in [-0.2, 0) is 4.79 Å². The van der Waals surface area contributed by atoms with Crippen LogP contribution in [0.15, 0.2) is 53.4 Å². The average molecular weight is 327 g/mol. The highest BCUT2D eigenvalue weighted by Gasteiger charge is 2.30. The molecule has 4 nitrogen and oxygen atoms in total. The quantitative estimate of drug-likeness (QED) is 0.920. The molecule has 2 aliphatic rings. The van der Waals surface area contributed by atoms with Crippen molar-refractivity contribution in [2.75, 3.05) is 12.4 Å². The third-order valence-electron chi connectivity index (χ3n) is 4.08. The van der Waals surface area contributed by atoms with Crippen LogP contribution in [0.1, 0.15) is 18.0 Å². The molecule has 0 saturated carbocycles. The summed E-state index contributed by atoms with van der Waals surface area (Å²) in [7, 11) is 0. The molecule has 5 heteroatoms. The van der Waals surface area contributed by atoms with E-state index in [1.165, 1.54) is 10.5 Å². The molecule has 0 saturated heterocycles. The van der Waals surface area contributed by atoms with Crippen LogP contribution in [0.4, 0.5) is 0 Å². The highest BCUT2D eigenvalue weighted by molar-refractivity contribution is 7.99. The van der Waals surface area contributed by atoms with Gasteiger partial charge in [-0.15, -0.1) is 11.8 Å². The molecule has 2 aromatic rings. The molecule has 0 bridgehead atoms. The highest BCUT2D eigenvalue weighted by Crippen LogP contribution is 2.36. The van der Waals surface area contributed by atoms with Gasteiger partial charge in [0, 0.05) is 10.6 Å². The fourth-order valence-electron chi connectivity index (χ4n) is 2.91. The second kappa shape index (κ2) is 6.16. The van der Waals surface area contributed by atoms with Crippen LogP contribution in [0, 0.1) is 0 Å². The maximum absolute atomic E-state index is 12.6. The van der Waals surface area contributed by atoms with Crippen LogP contribution in [0.5, 0.6) is 11.5 Å². The summed E-state index contributed by atoms with van der Waals surface area (Å²) < 4.78 is 11.4. The number of hydrogen-bond acceptors (Lipinski definition) is 4. The van der Waals surface area contributed by atoms with Gasteiger partial charge in [0.2, 0.25) is 6.10 Å². The maximum atomic E-state index is 12.6. The van der Waals surface area contributed by atoms with E-state index < -0.39 is 6.10 Å². The van der Waals surface area contributed by atoms with Gasteiger partial charge in [0.15, 0.2) is 11.5 Å². The monoisotopic (exact) mass is 327 g/mol. The number of fused-ring (bicyclic) bond motifs is 2. The topological polar surface area (TPSA) is 47.6 Å². The Labute approximate surface area is 139 Å². The molecule has 0 spiro atoms. The van der Waals surface area contributed by atoms with E-state index in [1.54, 1.807) is 0 Å². The molecule has 4 rings (SSSR count). The Hall–Kier alpha value is -2.14. The van der Waals surface area contributed by atoms with Crippen molar-refractivity contribution in [3.63, 3.8) is 0 Å². The first-order valence-electron chi connectivity index (χ1n) is 7.72. The SMILES string of the molecule is O=C(N[C@H]1CCSc2ccccc21)[C@@H]1COc2ccccc2O1. The van der Waals surface area contributed by atoms with Crippen LogP contribution in [0.2, 0.25) is 0 Å². The molecule has 2 aliphatic heterocycles. The Bertz CT molecular complexity index is 734. The van der Waals surface area contributed by atoms with Gasteiger partial charge in [-0.1, -0.05) is 30.3 Å². The molecule has 0 aliphatic carbocycles. The van der Waals surface area contributed by atoms with Gasteiger partial charge in [0.05, 0.1) is 6.04 Å². The summed E-state index contributed by atoms with van der Waals surface area (Å²) in [4.78, 5) is 13.8.